The lowest BCUT2D eigenvalue weighted by Gasteiger charge is -2.13. The Morgan fingerprint density at radius 3 is 2.69 bits per heavy atom. The molecule has 0 aliphatic rings. The van der Waals surface area contributed by atoms with E-state index in [4.69, 9.17) is 4.74 Å². The lowest BCUT2D eigenvalue weighted by Crippen LogP contribution is -2.07. The van der Waals surface area contributed by atoms with Crippen molar-refractivity contribution in [1.29, 1.82) is 0 Å². The predicted molar refractivity (Wildman–Crippen MR) is 56.3 cm³/mol. The molecule has 1 N–H and O–H groups in total. The maximum Gasteiger partial charge on any atom is 0.119 e. The Morgan fingerprint density at radius 2 is 2.15 bits per heavy atom. The van der Waals surface area contributed by atoms with E-state index >= 15 is 0 Å². The lowest BCUT2D eigenvalue weighted by atomic mass is 10.1. The first-order valence-electron chi connectivity index (χ1n) is 4.11. The first-order chi connectivity index (χ1) is 6.15. The van der Waals surface area contributed by atoms with Crippen LogP contribution < -0.4 is 4.74 Å². The molecular formula is C10H13BrO2. The monoisotopic (exact) mass is 244 g/mol. The zero-order valence-corrected chi connectivity index (χ0v) is 9.28. The zero-order chi connectivity index (χ0) is 9.84. The van der Waals surface area contributed by atoms with E-state index in [1.165, 1.54) is 0 Å². The van der Waals surface area contributed by atoms with Crippen LogP contribution in [-0.2, 0) is 0 Å². The van der Waals surface area contributed by atoms with Crippen molar-refractivity contribution in [2.75, 3.05) is 7.11 Å². The third-order valence-electron chi connectivity index (χ3n) is 1.87. The number of alkyl halides is 1. The van der Waals surface area contributed by atoms with Gasteiger partial charge in [0.2, 0.25) is 0 Å². The van der Waals surface area contributed by atoms with Gasteiger partial charge >= 0.3 is 0 Å². The smallest absolute Gasteiger partial charge is 0.119 e. The molecule has 2 unspecified atom stereocenters. The molecule has 1 aromatic carbocycles. The van der Waals surface area contributed by atoms with Gasteiger partial charge < -0.3 is 9.84 Å². The van der Waals surface area contributed by atoms with E-state index in [-0.39, 0.29) is 4.83 Å². The molecule has 0 aliphatic heterocycles. The van der Waals surface area contributed by atoms with Crippen LogP contribution in [0.25, 0.3) is 0 Å². The number of ether oxygens (including phenoxy) is 1. The molecule has 0 saturated carbocycles. The Hall–Kier alpha value is -0.540. The average molecular weight is 245 g/mol. The summed E-state index contributed by atoms with van der Waals surface area (Å²) in [6.45, 7) is 1.91. The zero-order valence-electron chi connectivity index (χ0n) is 7.70. The predicted octanol–water partition coefficient (Wildman–Crippen LogP) is 2.51. The molecule has 1 aromatic rings. The number of hydrogen-bond acceptors (Lipinski definition) is 2. The minimum Gasteiger partial charge on any atom is -0.497 e. The maximum atomic E-state index is 9.72. The van der Waals surface area contributed by atoms with Gasteiger partial charge in [-0.05, 0) is 24.6 Å². The van der Waals surface area contributed by atoms with Crippen LogP contribution in [0.4, 0.5) is 0 Å². The number of rotatable bonds is 3. The van der Waals surface area contributed by atoms with Crippen molar-refractivity contribution in [2.45, 2.75) is 17.9 Å². The second-order valence-corrected chi connectivity index (χ2v) is 4.34. The van der Waals surface area contributed by atoms with Gasteiger partial charge in [-0.2, -0.15) is 0 Å². The van der Waals surface area contributed by atoms with Gasteiger partial charge in [0, 0.05) is 4.83 Å². The lowest BCUT2D eigenvalue weighted by molar-refractivity contribution is 0.181. The van der Waals surface area contributed by atoms with Crippen molar-refractivity contribution in [3.63, 3.8) is 0 Å². The van der Waals surface area contributed by atoms with Crippen molar-refractivity contribution in [2.24, 2.45) is 0 Å². The van der Waals surface area contributed by atoms with Gasteiger partial charge in [-0.15, -0.1) is 0 Å². The first kappa shape index (κ1) is 10.5. The molecule has 13 heavy (non-hydrogen) atoms. The molecule has 0 amide bonds. The van der Waals surface area contributed by atoms with Gasteiger partial charge in [0.05, 0.1) is 13.2 Å². The van der Waals surface area contributed by atoms with E-state index in [2.05, 4.69) is 15.9 Å². The summed E-state index contributed by atoms with van der Waals surface area (Å²) < 4.78 is 5.06. The molecular weight excluding hydrogens is 232 g/mol. The number of hydrogen-bond donors (Lipinski definition) is 1. The fraction of sp³-hybridized carbons (Fsp3) is 0.400. The Kier molecular flexibility index (Phi) is 3.75. The van der Waals surface area contributed by atoms with E-state index in [0.29, 0.717) is 0 Å². The van der Waals surface area contributed by atoms with E-state index in [1.807, 2.05) is 31.2 Å². The summed E-state index contributed by atoms with van der Waals surface area (Å²) in [6.07, 6.45) is -0.491. The molecule has 0 spiro atoms. The van der Waals surface area contributed by atoms with Crippen molar-refractivity contribution in [3.05, 3.63) is 29.8 Å². The molecule has 0 aromatic heterocycles. The number of methoxy groups -OCH3 is 1. The highest BCUT2D eigenvalue weighted by molar-refractivity contribution is 9.09. The third-order valence-corrected chi connectivity index (χ3v) is 2.37. The summed E-state index contributed by atoms with van der Waals surface area (Å²) in [5.74, 6) is 0.768. The SMILES string of the molecule is COc1cccc(C(O)C(C)Br)c1. The minimum atomic E-state index is -0.491. The molecule has 0 saturated heterocycles. The second-order valence-electron chi connectivity index (χ2n) is 2.90. The van der Waals surface area contributed by atoms with Gasteiger partial charge in [0.25, 0.3) is 0 Å². The molecule has 2 nitrogen and oxygen atoms in total. The normalized spacial score (nSPS) is 15.1. The highest BCUT2D eigenvalue weighted by atomic mass is 79.9. The fourth-order valence-electron chi connectivity index (χ4n) is 1.09. The molecule has 0 aliphatic carbocycles. The number of halogens is 1. The maximum absolute atomic E-state index is 9.72. The summed E-state index contributed by atoms with van der Waals surface area (Å²) in [6, 6.07) is 7.44. The van der Waals surface area contributed by atoms with Gasteiger partial charge in [-0.1, -0.05) is 28.1 Å². The number of aliphatic hydroxyl groups excluding tert-OH is 1. The number of aliphatic hydroxyl groups is 1. The summed E-state index contributed by atoms with van der Waals surface area (Å²) in [5.41, 5.74) is 0.865. The van der Waals surface area contributed by atoms with Crippen LogP contribution >= 0.6 is 15.9 Å². The molecule has 0 radical (unpaired) electrons. The van der Waals surface area contributed by atoms with Crippen molar-refractivity contribution < 1.29 is 9.84 Å². The molecule has 2 atom stereocenters. The van der Waals surface area contributed by atoms with E-state index in [9.17, 15) is 5.11 Å². The molecule has 1 rings (SSSR count). The third kappa shape index (κ3) is 2.71. The summed E-state index contributed by atoms with van der Waals surface area (Å²) in [4.78, 5) is 0.0413. The Bertz CT molecular complexity index is 273. The molecule has 0 heterocycles. The second kappa shape index (κ2) is 4.63. The quantitative estimate of drug-likeness (QED) is 0.829. The van der Waals surface area contributed by atoms with E-state index in [1.54, 1.807) is 7.11 Å². The average Bonchev–Trinajstić information content (AvgIpc) is 2.16. The number of benzene rings is 1. The van der Waals surface area contributed by atoms with Crippen LogP contribution in [0.5, 0.6) is 5.75 Å². The minimum absolute atomic E-state index is 0.0413. The van der Waals surface area contributed by atoms with Crippen LogP contribution in [0.3, 0.4) is 0 Å². The van der Waals surface area contributed by atoms with Gasteiger partial charge in [-0.3, -0.25) is 0 Å². The standard InChI is InChI=1S/C10H13BrO2/c1-7(11)10(12)8-4-3-5-9(6-8)13-2/h3-7,10,12H,1-2H3. The highest BCUT2D eigenvalue weighted by Crippen LogP contribution is 2.24. The fourth-order valence-corrected chi connectivity index (χ4v) is 1.40. The van der Waals surface area contributed by atoms with Crippen LogP contribution in [0.2, 0.25) is 0 Å². The van der Waals surface area contributed by atoms with Crippen LogP contribution in [0, 0.1) is 0 Å². The van der Waals surface area contributed by atoms with Gasteiger partial charge in [0.15, 0.2) is 0 Å². The van der Waals surface area contributed by atoms with Crippen LogP contribution in [-0.4, -0.2) is 17.0 Å². The Morgan fingerprint density at radius 1 is 1.46 bits per heavy atom. The summed E-state index contributed by atoms with van der Waals surface area (Å²) >= 11 is 3.33. The van der Waals surface area contributed by atoms with E-state index < -0.39 is 6.10 Å². The largest absolute Gasteiger partial charge is 0.497 e. The molecule has 0 fully saturated rings. The topological polar surface area (TPSA) is 29.5 Å². The summed E-state index contributed by atoms with van der Waals surface area (Å²) in [7, 11) is 1.61. The van der Waals surface area contributed by atoms with Crippen LogP contribution in [0.1, 0.15) is 18.6 Å². The van der Waals surface area contributed by atoms with Crippen molar-refractivity contribution >= 4 is 15.9 Å². The summed E-state index contributed by atoms with van der Waals surface area (Å²) in [5, 5.41) is 9.72. The van der Waals surface area contributed by atoms with Gasteiger partial charge in [-0.25, -0.2) is 0 Å². The first-order valence-corrected chi connectivity index (χ1v) is 5.03. The van der Waals surface area contributed by atoms with Crippen molar-refractivity contribution in [1.82, 2.24) is 0 Å². The Balaban J connectivity index is 2.88. The van der Waals surface area contributed by atoms with Crippen molar-refractivity contribution in [3.8, 4) is 5.75 Å². The van der Waals surface area contributed by atoms with Crippen LogP contribution in [0.15, 0.2) is 24.3 Å². The van der Waals surface area contributed by atoms with Gasteiger partial charge in [0.1, 0.15) is 5.75 Å². The Labute approximate surface area is 86.7 Å². The highest BCUT2D eigenvalue weighted by Gasteiger charge is 2.13. The molecule has 0 bridgehead atoms. The molecule has 72 valence electrons. The molecule has 3 heteroatoms. The van der Waals surface area contributed by atoms with E-state index in [0.717, 1.165) is 11.3 Å².